The number of aryl methyl sites for hydroxylation is 1. The highest BCUT2D eigenvalue weighted by atomic mass is 16.5. The van der Waals surface area contributed by atoms with Gasteiger partial charge in [0.2, 0.25) is 6.73 Å². The molecule has 3 aromatic rings. The molecule has 7 nitrogen and oxygen atoms in total. The second-order valence-electron chi connectivity index (χ2n) is 9.54. The number of hydrogen-bond donors (Lipinski definition) is 1. The standard InChI is InChI=1S/C27H37N4O3/c1-6-27(7-2,17-28-4)26(33)34-18-31-15-14-30(19(31)3)16-20-12-13-23-24(25(20)32)21-10-8-9-11-22(21)29(23)5/h8-11,14-15,20,28H,6-7,12-13,16-18H2,1-5H3/q+1. The van der Waals surface area contributed by atoms with Gasteiger partial charge in [0.1, 0.15) is 18.9 Å². The Morgan fingerprint density at radius 1 is 1.26 bits per heavy atom. The Kier molecular flexibility index (Phi) is 6.94. The van der Waals surface area contributed by atoms with Crippen molar-refractivity contribution < 1.29 is 18.9 Å². The van der Waals surface area contributed by atoms with Crippen molar-refractivity contribution >= 4 is 22.7 Å². The molecule has 0 aliphatic heterocycles. The number of benzene rings is 1. The van der Waals surface area contributed by atoms with Gasteiger partial charge in [-0.15, -0.1) is 0 Å². The number of hydrogen-bond acceptors (Lipinski definition) is 4. The van der Waals surface area contributed by atoms with Crippen LogP contribution in [0.2, 0.25) is 0 Å². The van der Waals surface area contributed by atoms with Gasteiger partial charge in [-0.25, -0.2) is 4.57 Å². The molecule has 1 N–H and O–H groups in total. The van der Waals surface area contributed by atoms with Crippen molar-refractivity contribution in [2.45, 2.75) is 59.7 Å². The zero-order chi connectivity index (χ0) is 24.5. The summed E-state index contributed by atoms with van der Waals surface area (Å²) in [5.41, 5.74) is 2.65. The molecule has 2 aromatic heterocycles. The molecule has 1 aliphatic carbocycles. The van der Waals surface area contributed by atoms with Crippen LogP contribution in [0, 0.1) is 18.3 Å². The molecule has 0 fully saturated rings. The maximum absolute atomic E-state index is 13.5. The van der Waals surface area contributed by atoms with E-state index in [-0.39, 0.29) is 24.4 Å². The Hall–Kier alpha value is -2.93. The monoisotopic (exact) mass is 465 g/mol. The van der Waals surface area contributed by atoms with Crippen molar-refractivity contribution in [3.8, 4) is 0 Å². The summed E-state index contributed by atoms with van der Waals surface area (Å²) >= 11 is 0. The molecule has 1 aliphatic rings. The number of nitrogens with zero attached hydrogens (tertiary/aromatic N) is 3. The number of para-hydroxylation sites is 1. The Balaban J connectivity index is 1.48. The molecule has 7 heteroatoms. The second-order valence-corrected chi connectivity index (χ2v) is 9.54. The SMILES string of the molecule is CCC(CC)(CNC)C(=O)OC[n+]1ccn(CC2CCc3c(c4ccccc4n3C)C2=O)c1C. The number of carbonyl (C=O) groups is 2. The topological polar surface area (TPSA) is 69.1 Å². The number of rotatable bonds is 9. The smallest absolute Gasteiger partial charge is 0.316 e. The number of aromatic nitrogens is 3. The van der Waals surface area contributed by atoms with E-state index >= 15 is 0 Å². The summed E-state index contributed by atoms with van der Waals surface area (Å²) in [5, 5.41) is 4.18. The van der Waals surface area contributed by atoms with Crippen LogP contribution in [-0.2, 0) is 36.3 Å². The lowest BCUT2D eigenvalue weighted by molar-refractivity contribution is -0.732. The maximum Gasteiger partial charge on any atom is 0.316 e. The molecule has 2 heterocycles. The predicted molar refractivity (Wildman–Crippen MR) is 131 cm³/mol. The van der Waals surface area contributed by atoms with Crippen LogP contribution < -0.4 is 9.88 Å². The first-order valence-corrected chi connectivity index (χ1v) is 12.3. The fourth-order valence-corrected chi connectivity index (χ4v) is 5.42. The first-order chi connectivity index (χ1) is 16.4. The van der Waals surface area contributed by atoms with Gasteiger partial charge in [-0.3, -0.25) is 9.59 Å². The Bertz CT molecular complexity index is 1200. The highest BCUT2D eigenvalue weighted by Crippen LogP contribution is 2.34. The number of esters is 1. The quantitative estimate of drug-likeness (QED) is 0.388. The van der Waals surface area contributed by atoms with E-state index in [1.54, 1.807) is 0 Å². The zero-order valence-electron chi connectivity index (χ0n) is 21.1. The molecule has 0 bridgehead atoms. The highest BCUT2D eigenvalue weighted by Gasteiger charge is 2.37. The minimum Gasteiger partial charge on any atom is -0.424 e. The fraction of sp³-hybridized carbons (Fsp3) is 0.519. The summed E-state index contributed by atoms with van der Waals surface area (Å²) in [7, 11) is 3.91. The van der Waals surface area contributed by atoms with Crippen LogP contribution in [0.3, 0.4) is 0 Å². The van der Waals surface area contributed by atoms with Crippen LogP contribution in [0.5, 0.6) is 0 Å². The van der Waals surface area contributed by atoms with E-state index in [9.17, 15) is 9.59 Å². The first-order valence-electron chi connectivity index (χ1n) is 12.3. The van der Waals surface area contributed by atoms with Gasteiger partial charge in [-0.1, -0.05) is 32.0 Å². The van der Waals surface area contributed by atoms with Crippen molar-refractivity contribution in [2.75, 3.05) is 13.6 Å². The molecule has 34 heavy (non-hydrogen) atoms. The lowest BCUT2D eigenvalue weighted by Crippen LogP contribution is -2.44. The van der Waals surface area contributed by atoms with Gasteiger partial charge in [0, 0.05) is 42.7 Å². The molecular weight excluding hydrogens is 428 g/mol. The van der Waals surface area contributed by atoms with Crippen LogP contribution in [0.1, 0.15) is 55.0 Å². The fourth-order valence-electron chi connectivity index (χ4n) is 5.42. The van der Waals surface area contributed by atoms with Gasteiger partial charge in [0.15, 0.2) is 5.78 Å². The summed E-state index contributed by atoms with van der Waals surface area (Å²) in [4.78, 5) is 26.4. The number of ether oxygens (including phenoxy) is 1. The summed E-state index contributed by atoms with van der Waals surface area (Å²) < 4.78 is 11.9. The third kappa shape index (κ3) is 4.06. The van der Waals surface area contributed by atoms with Crippen LogP contribution >= 0.6 is 0 Å². The third-order valence-electron chi connectivity index (χ3n) is 7.89. The molecule has 0 spiro atoms. The Morgan fingerprint density at radius 2 is 2.00 bits per heavy atom. The molecule has 0 radical (unpaired) electrons. The molecule has 4 rings (SSSR count). The minimum absolute atomic E-state index is 0.0659. The summed E-state index contributed by atoms with van der Waals surface area (Å²) in [6.45, 7) is 7.46. The van der Waals surface area contributed by atoms with Gasteiger partial charge in [0.25, 0.3) is 5.82 Å². The Labute approximate surface area is 201 Å². The summed E-state index contributed by atoms with van der Waals surface area (Å²) in [5.74, 6) is 0.963. The first kappa shape index (κ1) is 24.2. The molecule has 1 aromatic carbocycles. The second kappa shape index (κ2) is 9.74. The van der Waals surface area contributed by atoms with E-state index in [1.807, 2.05) is 56.9 Å². The van der Waals surface area contributed by atoms with Crippen LogP contribution in [-0.4, -0.2) is 34.5 Å². The van der Waals surface area contributed by atoms with Crippen LogP contribution in [0.25, 0.3) is 10.9 Å². The van der Waals surface area contributed by atoms with Gasteiger partial charge in [-0.2, -0.15) is 4.57 Å². The largest absolute Gasteiger partial charge is 0.424 e. The van der Waals surface area contributed by atoms with E-state index in [0.29, 0.717) is 13.1 Å². The van der Waals surface area contributed by atoms with Gasteiger partial charge < -0.3 is 14.6 Å². The molecule has 0 amide bonds. The van der Waals surface area contributed by atoms with E-state index < -0.39 is 5.41 Å². The van der Waals surface area contributed by atoms with E-state index in [0.717, 1.165) is 53.7 Å². The molecule has 182 valence electrons. The van der Waals surface area contributed by atoms with Gasteiger partial charge in [0.05, 0.1) is 11.3 Å². The van der Waals surface area contributed by atoms with Crippen molar-refractivity contribution in [1.82, 2.24) is 14.5 Å². The lowest BCUT2D eigenvalue weighted by Gasteiger charge is -2.28. The number of fused-ring (bicyclic) bond motifs is 3. The van der Waals surface area contributed by atoms with Crippen molar-refractivity contribution in [2.24, 2.45) is 18.4 Å². The zero-order valence-corrected chi connectivity index (χ0v) is 21.1. The molecule has 0 saturated carbocycles. The number of carbonyl (C=O) groups excluding carboxylic acids is 2. The van der Waals surface area contributed by atoms with Gasteiger partial charge in [-0.05, 0) is 38.8 Å². The number of imidazole rings is 1. The normalized spacial score (nSPS) is 16.1. The van der Waals surface area contributed by atoms with E-state index in [4.69, 9.17) is 4.74 Å². The van der Waals surface area contributed by atoms with Crippen molar-refractivity contribution in [1.29, 1.82) is 0 Å². The molecule has 0 saturated heterocycles. The maximum atomic E-state index is 13.5. The number of Topliss-reactive ketones (excluding diaryl/α,β-unsaturated/α-hetero) is 1. The molecule has 1 atom stereocenters. The molecule has 1 unspecified atom stereocenters. The van der Waals surface area contributed by atoms with Crippen LogP contribution in [0.15, 0.2) is 36.7 Å². The third-order valence-corrected chi connectivity index (χ3v) is 7.89. The number of ketones is 1. The van der Waals surface area contributed by atoms with Crippen molar-refractivity contribution in [3.63, 3.8) is 0 Å². The average molecular weight is 466 g/mol. The van der Waals surface area contributed by atoms with Crippen molar-refractivity contribution in [3.05, 3.63) is 53.7 Å². The van der Waals surface area contributed by atoms with E-state index in [1.165, 1.54) is 0 Å². The molecular formula is C27H37N4O3+. The Morgan fingerprint density at radius 3 is 2.71 bits per heavy atom. The summed E-state index contributed by atoms with van der Waals surface area (Å²) in [6.07, 6.45) is 7.10. The summed E-state index contributed by atoms with van der Waals surface area (Å²) in [6, 6.07) is 8.16. The highest BCUT2D eigenvalue weighted by molar-refractivity contribution is 6.11. The number of nitrogens with one attached hydrogen (secondary N) is 1. The van der Waals surface area contributed by atoms with Crippen LogP contribution in [0.4, 0.5) is 0 Å². The predicted octanol–water partition coefficient (Wildman–Crippen LogP) is 3.55. The van der Waals surface area contributed by atoms with E-state index in [2.05, 4.69) is 33.6 Å². The lowest BCUT2D eigenvalue weighted by atomic mass is 9.82. The average Bonchev–Trinajstić information content (AvgIpc) is 3.35. The van der Waals surface area contributed by atoms with Gasteiger partial charge >= 0.3 is 5.97 Å². The minimum atomic E-state index is -0.504.